The number of hydrogen-bond acceptors (Lipinski definition) is 3. The van der Waals surface area contributed by atoms with Crippen LogP contribution >= 0.6 is 0 Å². The van der Waals surface area contributed by atoms with E-state index in [4.69, 9.17) is 14.7 Å². The Kier molecular flexibility index (Phi) is 5.73. The topological polar surface area (TPSA) is 35.0 Å². The number of fused-ring (bicyclic) bond motifs is 9. The van der Waals surface area contributed by atoms with Crippen molar-refractivity contribution in [2.75, 3.05) is 0 Å². The third kappa shape index (κ3) is 3.64. The van der Waals surface area contributed by atoms with Crippen molar-refractivity contribution in [3.63, 3.8) is 0 Å². The Morgan fingerprint density at radius 2 is 1.30 bits per heavy atom. The summed E-state index contributed by atoms with van der Waals surface area (Å²) in [7, 11) is 0. The average molecular weight is 697 g/mol. The van der Waals surface area contributed by atoms with Gasteiger partial charge in [0.15, 0.2) is 5.82 Å². The van der Waals surface area contributed by atoms with Crippen LogP contribution in [0.5, 0.6) is 11.5 Å². The molecule has 1 aliphatic heterocycles. The summed E-state index contributed by atoms with van der Waals surface area (Å²) in [6, 6.07) is 46.6. The molecule has 4 saturated carbocycles. The van der Waals surface area contributed by atoms with Gasteiger partial charge in [-0.15, -0.1) is 0 Å². The monoisotopic (exact) mass is 696 g/mol. The van der Waals surface area contributed by atoms with E-state index in [1.807, 2.05) is 0 Å². The van der Waals surface area contributed by atoms with E-state index in [0.717, 1.165) is 76.0 Å². The summed E-state index contributed by atoms with van der Waals surface area (Å²) in [6.45, 7) is 0. The van der Waals surface area contributed by atoms with Crippen molar-refractivity contribution in [2.45, 2.75) is 55.8 Å². The second-order valence-corrected chi connectivity index (χ2v) is 17.4. The van der Waals surface area contributed by atoms with Crippen molar-refractivity contribution in [3.8, 4) is 45.4 Å². The molecule has 0 radical (unpaired) electrons. The molecule has 6 atom stereocenters. The summed E-state index contributed by atoms with van der Waals surface area (Å²) >= 11 is 0. The van der Waals surface area contributed by atoms with Gasteiger partial charge in [-0.3, -0.25) is 0 Å². The molecule has 5 aromatic carbocycles. The molecule has 54 heavy (non-hydrogen) atoms. The van der Waals surface area contributed by atoms with Crippen LogP contribution in [0.2, 0.25) is 0 Å². The Bertz CT molecular complexity index is 2640. The van der Waals surface area contributed by atoms with E-state index in [1.54, 1.807) is 5.56 Å². The molecule has 260 valence electrons. The van der Waals surface area contributed by atoms with Gasteiger partial charge in [-0.1, -0.05) is 109 Å². The maximum Gasteiger partial charge on any atom is 0.160 e. The molecule has 2 heterocycles. The van der Waals surface area contributed by atoms with Crippen LogP contribution in [0.3, 0.4) is 0 Å². The smallest absolute Gasteiger partial charge is 0.160 e. The molecule has 1 aromatic heterocycles. The number of aromatic nitrogens is 2. The minimum Gasteiger partial charge on any atom is -0.457 e. The van der Waals surface area contributed by atoms with E-state index in [-0.39, 0.29) is 0 Å². The zero-order valence-corrected chi connectivity index (χ0v) is 30.3. The van der Waals surface area contributed by atoms with Gasteiger partial charge in [0.2, 0.25) is 0 Å². The van der Waals surface area contributed by atoms with Crippen LogP contribution in [-0.2, 0) is 10.8 Å². The molecule has 0 N–H and O–H groups in total. The predicted octanol–water partition coefficient (Wildman–Crippen LogP) is 12.1. The molecule has 2 bridgehead atoms. The molecule has 0 amide bonds. The standard InChI is InChI=1S/C51H40N2O/c1-2-10-31(11-3-1)44-27-45(53-48(52-44)32-18-21-34(22-19-32)49-28-36-25-35-26-37(29-49)50(35,36)30-49)33-20-23-47-43(24-33)51(42-16-8-9-17-46(42)54-47)40-14-6-4-12-38(40)39-13-5-7-15-41(39)51/h1-6,8-14,16-24,27,35-37H,7,15,25-26,28-30H2/t35?,36-,37?,49?,50?,51?/m1/s1. The molecular weight excluding hydrogens is 657 g/mol. The number of para-hydroxylation sites is 1. The zero-order chi connectivity index (χ0) is 35.2. The van der Waals surface area contributed by atoms with Gasteiger partial charge in [0.05, 0.1) is 16.8 Å². The highest BCUT2D eigenvalue weighted by atomic mass is 16.5. The molecule has 2 spiro atoms. The molecule has 6 aliphatic carbocycles. The van der Waals surface area contributed by atoms with E-state index in [9.17, 15) is 0 Å². The highest BCUT2D eigenvalue weighted by Crippen LogP contribution is 2.84. The Morgan fingerprint density at radius 3 is 2.09 bits per heavy atom. The van der Waals surface area contributed by atoms with Gasteiger partial charge in [0.25, 0.3) is 0 Å². The second kappa shape index (κ2) is 10.4. The lowest BCUT2D eigenvalue weighted by Gasteiger charge is -2.66. The molecule has 3 heteroatoms. The van der Waals surface area contributed by atoms with E-state index in [1.165, 1.54) is 65.5 Å². The van der Waals surface area contributed by atoms with E-state index in [0.29, 0.717) is 10.8 Å². The molecule has 4 fully saturated rings. The minimum atomic E-state index is -0.441. The van der Waals surface area contributed by atoms with Gasteiger partial charge in [0.1, 0.15) is 11.5 Å². The Labute approximate surface area is 316 Å². The summed E-state index contributed by atoms with van der Waals surface area (Å²) in [5.41, 5.74) is 15.2. The van der Waals surface area contributed by atoms with Crippen molar-refractivity contribution >= 4 is 5.57 Å². The van der Waals surface area contributed by atoms with Crippen molar-refractivity contribution in [2.24, 2.45) is 23.2 Å². The van der Waals surface area contributed by atoms with Gasteiger partial charge in [-0.05, 0) is 132 Å². The van der Waals surface area contributed by atoms with Crippen molar-refractivity contribution in [1.82, 2.24) is 9.97 Å². The van der Waals surface area contributed by atoms with Crippen molar-refractivity contribution in [3.05, 3.63) is 173 Å². The van der Waals surface area contributed by atoms with Gasteiger partial charge < -0.3 is 4.74 Å². The summed E-state index contributed by atoms with van der Waals surface area (Å²) in [4.78, 5) is 10.6. The van der Waals surface area contributed by atoms with Crippen LogP contribution in [0.4, 0.5) is 0 Å². The lowest BCUT2D eigenvalue weighted by molar-refractivity contribution is -0.175. The fraction of sp³-hybridized carbons (Fsp3) is 0.255. The maximum absolute atomic E-state index is 6.76. The summed E-state index contributed by atoms with van der Waals surface area (Å²) < 4.78 is 6.76. The van der Waals surface area contributed by atoms with Crippen LogP contribution in [0.15, 0.2) is 145 Å². The molecule has 13 rings (SSSR count). The first-order chi connectivity index (χ1) is 26.6. The van der Waals surface area contributed by atoms with Crippen LogP contribution in [0.1, 0.15) is 72.8 Å². The largest absolute Gasteiger partial charge is 0.457 e. The highest BCUT2D eigenvalue weighted by molar-refractivity contribution is 5.92. The number of rotatable bonds is 4. The van der Waals surface area contributed by atoms with Crippen molar-refractivity contribution < 1.29 is 4.74 Å². The second-order valence-electron chi connectivity index (χ2n) is 17.4. The molecule has 7 aliphatic rings. The number of allylic oxidation sites excluding steroid dienone is 4. The molecule has 6 aromatic rings. The van der Waals surface area contributed by atoms with Crippen LogP contribution in [0.25, 0.3) is 39.5 Å². The third-order valence-corrected chi connectivity index (χ3v) is 15.3. The van der Waals surface area contributed by atoms with Crippen LogP contribution in [0, 0.1) is 23.2 Å². The third-order valence-electron chi connectivity index (χ3n) is 15.3. The van der Waals surface area contributed by atoms with Gasteiger partial charge in [0, 0.05) is 27.8 Å². The van der Waals surface area contributed by atoms with Gasteiger partial charge in [-0.25, -0.2) is 9.97 Å². The van der Waals surface area contributed by atoms with Crippen molar-refractivity contribution in [1.29, 1.82) is 0 Å². The number of hydrogen-bond donors (Lipinski definition) is 0. The SMILES string of the molecule is C1=CC2=C(CC1)C1(c3ccccc3Oc3ccc(-c4cc(-c5ccccc5)nc(-c5ccc(C67CC8CC9C[C@H](C6)C98C7)cc5)n4)cc31)c1ccccc12. The number of benzene rings is 5. The fourth-order valence-electron chi connectivity index (χ4n) is 13.2. The lowest BCUT2D eigenvalue weighted by Crippen LogP contribution is -2.59. The minimum absolute atomic E-state index is 0.388. The summed E-state index contributed by atoms with van der Waals surface area (Å²) in [5.74, 6) is 5.61. The number of nitrogens with zero attached hydrogens (tertiary/aromatic N) is 2. The highest BCUT2D eigenvalue weighted by Gasteiger charge is 2.77. The molecule has 0 saturated heterocycles. The van der Waals surface area contributed by atoms with Gasteiger partial charge in [-0.2, -0.15) is 0 Å². The lowest BCUT2D eigenvalue weighted by atomic mass is 9.38. The van der Waals surface area contributed by atoms with Crippen LogP contribution < -0.4 is 4.74 Å². The first kappa shape index (κ1) is 29.9. The Hall–Kier alpha value is -5.54. The fourth-order valence-corrected chi connectivity index (χ4v) is 13.2. The van der Waals surface area contributed by atoms with E-state index < -0.39 is 5.41 Å². The summed E-state index contributed by atoms with van der Waals surface area (Å²) in [5, 5.41) is 0. The Balaban J connectivity index is 0.969. The first-order valence-electron chi connectivity index (χ1n) is 20.1. The quantitative estimate of drug-likeness (QED) is 0.184. The molecule has 5 unspecified atom stereocenters. The maximum atomic E-state index is 6.76. The Morgan fingerprint density at radius 1 is 0.593 bits per heavy atom. The summed E-state index contributed by atoms with van der Waals surface area (Å²) in [6.07, 6.45) is 13.9. The van der Waals surface area contributed by atoms with E-state index >= 15 is 0 Å². The zero-order valence-electron chi connectivity index (χ0n) is 30.3. The average Bonchev–Trinajstić information content (AvgIpc) is 3.83. The van der Waals surface area contributed by atoms with E-state index in [2.05, 4.69) is 140 Å². The normalized spacial score (nSPS) is 29.7. The number of ether oxygens (including phenoxy) is 1. The first-order valence-corrected chi connectivity index (χ1v) is 20.1. The van der Waals surface area contributed by atoms with Crippen LogP contribution in [-0.4, -0.2) is 9.97 Å². The molecule has 3 nitrogen and oxygen atoms in total. The molecular formula is C51H40N2O. The predicted molar refractivity (Wildman–Crippen MR) is 214 cm³/mol. The van der Waals surface area contributed by atoms with Gasteiger partial charge >= 0.3 is 0 Å².